The van der Waals surface area contributed by atoms with Crippen molar-refractivity contribution in [3.05, 3.63) is 0 Å². The van der Waals surface area contributed by atoms with Crippen molar-refractivity contribution in [1.29, 1.82) is 0 Å². The molecule has 1 heterocycles. The predicted octanol–water partition coefficient (Wildman–Crippen LogP) is 1.87. The molecule has 0 amide bonds. The highest BCUT2D eigenvalue weighted by molar-refractivity contribution is 4.89. The van der Waals surface area contributed by atoms with E-state index < -0.39 is 0 Å². The first-order valence-corrected chi connectivity index (χ1v) is 7.19. The van der Waals surface area contributed by atoms with Crippen LogP contribution in [0.25, 0.3) is 0 Å². The third-order valence-corrected chi connectivity index (χ3v) is 4.70. The summed E-state index contributed by atoms with van der Waals surface area (Å²) in [6.45, 7) is 4.21. The average molecular weight is 240 g/mol. The van der Waals surface area contributed by atoms with Gasteiger partial charge in [0.15, 0.2) is 0 Å². The van der Waals surface area contributed by atoms with E-state index in [-0.39, 0.29) is 0 Å². The van der Waals surface area contributed by atoms with Crippen LogP contribution in [0.3, 0.4) is 0 Å². The lowest BCUT2D eigenvalue weighted by molar-refractivity contribution is -0.0156. The van der Waals surface area contributed by atoms with E-state index in [1.807, 2.05) is 0 Å². The molecule has 1 saturated heterocycles. The third-order valence-electron chi connectivity index (χ3n) is 4.70. The van der Waals surface area contributed by atoms with E-state index in [0.29, 0.717) is 12.1 Å². The number of rotatable bonds is 3. The second-order valence-electron chi connectivity index (χ2n) is 5.92. The number of likely N-dealkylation sites (N-methyl/N-ethyl adjacent to an activating group) is 2. The van der Waals surface area contributed by atoms with Gasteiger partial charge in [-0.05, 0) is 39.3 Å². The van der Waals surface area contributed by atoms with Gasteiger partial charge in [0.2, 0.25) is 0 Å². The zero-order valence-electron chi connectivity index (χ0n) is 11.6. The van der Waals surface area contributed by atoms with Gasteiger partial charge in [-0.3, -0.25) is 4.90 Å². The highest BCUT2D eigenvalue weighted by Crippen LogP contribution is 2.29. The largest absolute Gasteiger partial charge is 0.380 e. The lowest BCUT2D eigenvalue weighted by Crippen LogP contribution is -2.56. The fourth-order valence-corrected chi connectivity index (χ4v) is 3.50. The summed E-state index contributed by atoms with van der Waals surface area (Å²) in [5.41, 5.74) is 0. The molecule has 1 aliphatic carbocycles. The number of hydrogen-bond donors (Lipinski definition) is 1. The number of nitrogens with one attached hydrogen (secondary N) is 1. The van der Waals surface area contributed by atoms with E-state index in [1.165, 1.54) is 25.7 Å². The Kier molecular flexibility index (Phi) is 4.83. The van der Waals surface area contributed by atoms with Crippen LogP contribution >= 0.6 is 0 Å². The van der Waals surface area contributed by atoms with Gasteiger partial charge in [-0.2, -0.15) is 0 Å². The molecule has 2 fully saturated rings. The molecule has 4 atom stereocenters. The molecule has 0 aromatic carbocycles. The normalized spacial score (nSPS) is 39.5. The van der Waals surface area contributed by atoms with Crippen molar-refractivity contribution >= 4 is 0 Å². The van der Waals surface area contributed by atoms with Gasteiger partial charge in [0.25, 0.3) is 0 Å². The Labute approximate surface area is 106 Å². The van der Waals surface area contributed by atoms with Crippen LogP contribution in [0.1, 0.15) is 39.0 Å². The summed E-state index contributed by atoms with van der Waals surface area (Å²) in [6, 6.07) is 1.93. The molecule has 17 heavy (non-hydrogen) atoms. The molecule has 2 aliphatic rings. The molecule has 0 spiro atoms. The quantitative estimate of drug-likeness (QED) is 0.815. The highest BCUT2D eigenvalue weighted by atomic mass is 16.5. The fraction of sp³-hybridized carbons (Fsp3) is 1.00. The monoisotopic (exact) mass is 240 g/mol. The first-order chi connectivity index (χ1) is 8.22. The van der Waals surface area contributed by atoms with Gasteiger partial charge in [-0.1, -0.05) is 19.8 Å². The lowest BCUT2D eigenvalue weighted by Gasteiger charge is -2.43. The first-order valence-electron chi connectivity index (χ1n) is 7.19. The summed E-state index contributed by atoms with van der Waals surface area (Å²) >= 11 is 0. The van der Waals surface area contributed by atoms with Gasteiger partial charge >= 0.3 is 0 Å². The molecular formula is C14H28N2O. The molecular weight excluding hydrogens is 212 g/mol. The first kappa shape index (κ1) is 13.3. The van der Waals surface area contributed by atoms with E-state index >= 15 is 0 Å². The third kappa shape index (κ3) is 3.21. The van der Waals surface area contributed by atoms with Crippen LogP contribution in [0.5, 0.6) is 0 Å². The highest BCUT2D eigenvalue weighted by Gasteiger charge is 2.33. The predicted molar refractivity (Wildman–Crippen MR) is 71.3 cm³/mol. The van der Waals surface area contributed by atoms with Crippen molar-refractivity contribution in [2.45, 2.75) is 57.2 Å². The molecule has 100 valence electrons. The van der Waals surface area contributed by atoms with Crippen LogP contribution in [-0.2, 0) is 4.74 Å². The molecule has 0 aromatic rings. The van der Waals surface area contributed by atoms with Crippen LogP contribution in [0.2, 0.25) is 0 Å². The van der Waals surface area contributed by atoms with Gasteiger partial charge in [-0.15, -0.1) is 0 Å². The zero-order valence-corrected chi connectivity index (χ0v) is 11.6. The van der Waals surface area contributed by atoms with Gasteiger partial charge < -0.3 is 10.1 Å². The average Bonchev–Trinajstić information content (AvgIpc) is 2.38. The minimum Gasteiger partial charge on any atom is -0.380 e. The van der Waals surface area contributed by atoms with Crippen molar-refractivity contribution in [2.75, 3.05) is 27.3 Å². The topological polar surface area (TPSA) is 24.5 Å². The second-order valence-corrected chi connectivity index (χ2v) is 5.92. The Morgan fingerprint density at radius 2 is 2.06 bits per heavy atom. The summed E-state index contributed by atoms with van der Waals surface area (Å²) in [5, 5.41) is 3.46. The molecule has 0 aromatic heterocycles. The van der Waals surface area contributed by atoms with E-state index in [9.17, 15) is 0 Å². The maximum absolute atomic E-state index is 5.67. The number of ether oxygens (including phenoxy) is 1. The van der Waals surface area contributed by atoms with Crippen molar-refractivity contribution < 1.29 is 4.74 Å². The SMILES string of the molecule is CNC1CCOCC1N(C)C1CCCC(C)C1. The van der Waals surface area contributed by atoms with Crippen LogP contribution in [-0.4, -0.2) is 50.3 Å². The van der Waals surface area contributed by atoms with Gasteiger partial charge in [0.1, 0.15) is 0 Å². The molecule has 0 radical (unpaired) electrons. The van der Waals surface area contributed by atoms with Crippen LogP contribution in [0, 0.1) is 5.92 Å². The molecule has 1 N–H and O–H groups in total. The molecule has 1 aliphatic heterocycles. The smallest absolute Gasteiger partial charge is 0.0637 e. The summed E-state index contributed by atoms with van der Waals surface area (Å²) < 4.78 is 5.67. The Morgan fingerprint density at radius 1 is 1.24 bits per heavy atom. The van der Waals surface area contributed by atoms with Gasteiger partial charge in [0.05, 0.1) is 6.61 Å². The van der Waals surface area contributed by atoms with E-state index in [2.05, 4.69) is 31.2 Å². The summed E-state index contributed by atoms with van der Waals surface area (Å²) in [4.78, 5) is 2.59. The van der Waals surface area contributed by atoms with Crippen molar-refractivity contribution in [1.82, 2.24) is 10.2 Å². The van der Waals surface area contributed by atoms with Crippen molar-refractivity contribution in [3.8, 4) is 0 Å². The fourth-order valence-electron chi connectivity index (χ4n) is 3.50. The van der Waals surface area contributed by atoms with E-state index in [0.717, 1.165) is 31.6 Å². The molecule has 3 heteroatoms. The second kappa shape index (κ2) is 6.17. The maximum Gasteiger partial charge on any atom is 0.0637 e. The molecule has 2 rings (SSSR count). The van der Waals surface area contributed by atoms with Crippen LogP contribution < -0.4 is 5.32 Å². The minimum atomic E-state index is 0.559. The Bertz CT molecular complexity index is 234. The number of hydrogen-bond acceptors (Lipinski definition) is 3. The zero-order chi connectivity index (χ0) is 12.3. The molecule has 3 nitrogen and oxygen atoms in total. The van der Waals surface area contributed by atoms with E-state index in [4.69, 9.17) is 4.74 Å². The number of nitrogens with zero attached hydrogens (tertiary/aromatic N) is 1. The van der Waals surface area contributed by atoms with Crippen molar-refractivity contribution in [3.63, 3.8) is 0 Å². The Hall–Kier alpha value is -0.120. The molecule has 4 unspecified atom stereocenters. The van der Waals surface area contributed by atoms with Crippen LogP contribution in [0.4, 0.5) is 0 Å². The maximum atomic E-state index is 5.67. The summed E-state index contributed by atoms with van der Waals surface area (Å²) in [7, 11) is 4.38. The van der Waals surface area contributed by atoms with Crippen LogP contribution in [0.15, 0.2) is 0 Å². The minimum absolute atomic E-state index is 0.559. The standard InChI is InChI=1S/C14H28N2O/c1-11-5-4-6-12(9-11)16(3)14-10-17-8-7-13(14)15-2/h11-15H,4-10H2,1-3H3. The van der Waals surface area contributed by atoms with Gasteiger partial charge in [0, 0.05) is 24.7 Å². The Morgan fingerprint density at radius 3 is 2.76 bits per heavy atom. The van der Waals surface area contributed by atoms with Gasteiger partial charge in [-0.25, -0.2) is 0 Å². The summed E-state index contributed by atoms with van der Waals surface area (Å²) in [6.07, 6.45) is 6.69. The molecule has 0 bridgehead atoms. The van der Waals surface area contributed by atoms with E-state index in [1.54, 1.807) is 0 Å². The van der Waals surface area contributed by atoms with Crippen molar-refractivity contribution in [2.24, 2.45) is 5.92 Å². The molecule has 1 saturated carbocycles. The Balaban J connectivity index is 1.94. The summed E-state index contributed by atoms with van der Waals surface area (Å²) in [5.74, 6) is 0.897. The lowest BCUT2D eigenvalue weighted by atomic mass is 9.85.